The third-order valence-electron chi connectivity index (χ3n) is 3.65. The fraction of sp³-hybridized carbons (Fsp3) is 0.333. The smallest absolute Gasteiger partial charge is 0.226 e. The van der Waals surface area contributed by atoms with Crippen LogP contribution < -0.4 is 20.1 Å². The van der Waals surface area contributed by atoms with Crippen LogP contribution in [0, 0.1) is 0 Å². The highest BCUT2D eigenvalue weighted by Crippen LogP contribution is 2.45. The maximum absolute atomic E-state index is 12.0. The number of hydrogen-bond donors (Lipinski definition) is 2. The quantitative estimate of drug-likeness (QED) is 0.906. The van der Waals surface area contributed by atoms with Crippen molar-refractivity contribution < 1.29 is 14.3 Å². The van der Waals surface area contributed by atoms with Gasteiger partial charge in [-0.15, -0.1) is 0 Å². The molecule has 2 heterocycles. The molecule has 0 saturated heterocycles. The minimum Gasteiger partial charge on any atom is -0.497 e. The van der Waals surface area contributed by atoms with Crippen molar-refractivity contribution in [2.24, 2.45) is 0 Å². The minimum absolute atomic E-state index is 0.0386. The van der Waals surface area contributed by atoms with Crippen LogP contribution in [0.2, 0.25) is 0 Å². The summed E-state index contributed by atoms with van der Waals surface area (Å²) in [6, 6.07) is 5.66. The molecular formula is C15H17N3O3S. The average molecular weight is 319 g/mol. The number of nitrogens with zero attached hydrogens (tertiary/aromatic N) is 1. The van der Waals surface area contributed by atoms with Gasteiger partial charge in [-0.1, -0.05) is 17.4 Å². The maximum atomic E-state index is 12.0. The zero-order valence-corrected chi connectivity index (χ0v) is 13.4. The van der Waals surface area contributed by atoms with Crippen molar-refractivity contribution in [3.63, 3.8) is 0 Å². The molecule has 1 aliphatic rings. The van der Waals surface area contributed by atoms with Gasteiger partial charge in [-0.3, -0.25) is 4.79 Å². The zero-order valence-electron chi connectivity index (χ0n) is 12.6. The molecule has 6 nitrogen and oxygen atoms in total. The number of nitrogens with one attached hydrogen (secondary N) is 2. The van der Waals surface area contributed by atoms with E-state index in [4.69, 9.17) is 9.47 Å². The lowest BCUT2D eigenvalue weighted by atomic mass is 9.90. The molecule has 2 N–H and O–H groups in total. The van der Waals surface area contributed by atoms with Gasteiger partial charge in [-0.25, -0.2) is 4.98 Å². The van der Waals surface area contributed by atoms with E-state index in [9.17, 15) is 4.79 Å². The Morgan fingerprint density at radius 2 is 2.18 bits per heavy atom. The molecule has 0 spiro atoms. The second kappa shape index (κ2) is 5.84. The summed E-state index contributed by atoms with van der Waals surface area (Å²) >= 11 is 1.55. The Kier molecular flexibility index (Phi) is 3.89. The normalized spacial score (nSPS) is 16.7. The van der Waals surface area contributed by atoms with Gasteiger partial charge in [0.25, 0.3) is 0 Å². The molecule has 1 aromatic carbocycles. The van der Waals surface area contributed by atoms with Crippen molar-refractivity contribution in [2.45, 2.75) is 12.3 Å². The van der Waals surface area contributed by atoms with E-state index in [0.29, 0.717) is 18.0 Å². The number of methoxy groups -OCH3 is 2. The highest BCUT2D eigenvalue weighted by Gasteiger charge is 2.32. The number of ether oxygens (including phenoxy) is 2. The highest BCUT2D eigenvalue weighted by molar-refractivity contribution is 7.16. The van der Waals surface area contributed by atoms with Crippen LogP contribution in [-0.2, 0) is 4.79 Å². The number of anilines is 2. The molecule has 0 radical (unpaired) electrons. The molecule has 22 heavy (non-hydrogen) atoms. The molecule has 0 unspecified atom stereocenters. The van der Waals surface area contributed by atoms with Crippen molar-refractivity contribution in [3.8, 4) is 11.5 Å². The van der Waals surface area contributed by atoms with E-state index >= 15 is 0 Å². The summed E-state index contributed by atoms with van der Waals surface area (Å²) in [5.74, 6) is 1.96. The van der Waals surface area contributed by atoms with Gasteiger partial charge in [0.1, 0.15) is 17.3 Å². The van der Waals surface area contributed by atoms with E-state index in [-0.39, 0.29) is 11.8 Å². The van der Waals surface area contributed by atoms with Crippen LogP contribution in [0.5, 0.6) is 11.5 Å². The molecule has 0 bridgehead atoms. The fourth-order valence-corrected chi connectivity index (χ4v) is 3.58. The second-order valence-electron chi connectivity index (χ2n) is 4.89. The summed E-state index contributed by atoms with van der Waals surface area (Å²) in [5, 5.41) is 6.63. The molecule has 2 aromatic rings. The summed E-state index contributed by atoms with van der Waals surface area (Å²) < 4.78 is 10.7. The Bertz CT molecular complexity index is 714. The lowest BCUT2D eigenvalue weighted by Crippen LogP contribution is -2.22. The lowest BCUT2D eigenvalue weighted by molar-refractivity contribution is -0.116. The van der Waals surface area contributed by atoms with Gasteiger partial charge in [0.05, 0.1) is 19.1 Å². The first-order valence-electron chi connectivity index (χ1n) is 6.86. The monoisotopic (exact) mass is 319 g/mol. The van der Waals surface area contributed by atoms with Gasteiger partial charge in [0.2, 0.25) is 5.91 Å². The van der Waals surface area contributed by atoms with Gasteiger partial charge in [0.15, 0.2) is 5.13 Å². The maximum Gasteiger partial charge on any atom is 0.226 e. The lowest BCUT2D eigenvalue weighted by Gasteiger charge is -2.23. The molecule has 1 aliphatic heterocycles. The third kappa shape index (κ3) is 2.48. The molecule has 0 fully saturated rings. The average Bonchev–Trinajstić information content (AvgIpc) is 2.96. The Balaban J connectivity index is 2.08. The first-order valence-corrected chi connectivity index (χ1v) is 7.68. The molecule has 3 rings (SSSR count). The zero-order chi connectivity index (χ0) is 15.7. The largest absolute Gasteiger partial charge is 0.497 e. The molecular weight excluding hydrogens is 302 g/mol. The number of carbonyl (C=O) groups is 1. The summed E-state index contributed by atoms with van der Waals surface area (Å²) in [6.07, 6.45) is 0.376. The fourth-order valence-electron chi connectivity index (χ4n) is 2.58. The Morgan fingerprint density at radius 3 is 2.86 bits per heavy atom. The van der Waals surface area contributed by atoms with Crippen LogP contribution in [0.15, 0.2) is 18.2 Å². The molecule has 7 heteroatoms. The number of hydrogen-bond acceptors (Lipinski definition) is 6. The molecule has 0 aliphatic carbocycles. The highest BCUT2D eigenvalue weighted by atomic mass is 32.1. The second-order valence-corrected chi connectivity index (χ2v) is 5.93. The van der Waals surface area contributed by atoms with Crippen LogP contribution in [0.25, 0.3) is 0 Å². The molecule has 1 aromatic heterocycles. The van der Waals surface area contributed by atoms with E-state index in [1.54, 1.807) is 25.6 Å². The van der Waals surface area contributed by atoms with Crippen molar-refractivity contribution in [1.29, 1.82) is 0 Å². The summed E-state index contributed by atoms with van der Waals surface area (Å²) in [4.78, 5) is 17.4. The first kappa shape index (κ1) is 14.6. The van der Waals surface area contributed by atoms with E-state index < -0.39 is 0 Å². The Morgan fingerprint density at radius 1 is 1.36 bits per heavy atom. The van der Waals surface area contributed by atoms with Gasteiger partial charge in [-0.05, 0) is 6.07 Å². The molecule has 1 amide bonds. The summed E-state index contributed by atoms with van der Waals surface area (Å²) in [7, 11) is 5.05. The predicted octanol–water partition coefficient (Wildman–Crippen LogP) is 2.68. The van der Waals surface area contributed by atoms with Gasteiger partial charge in [-0.2, -0.15) is 0 Å². The SMILES string of the molecule is CNc1nc2c(s1)[C@@H](c1ccc(OC)cc1OC)CC(=O)N2. The van der Waals surface area contributed by atoms with Crippen molar-refractivity contribution in [2.75, 3.05) is 31.9 Å². The van der Waals surface area contributed by atoms with Crippen molar-refractivity contribution >= 4 is 28.2 Å². The number of carbonyl (C=O) groups excluding carboxylic acids is 1. The van der Waals surface area contributed by atoms with Crippen molar-refractivity contribution in [1.82, 2.24) is 4.98 Å². The summed E-state index contributed by atoms with van der Waals surface area (Å²) in [6.45, 7) is 0. The van der Waals surface area contributed by atoms with E-state index in [0.717, 1.165) is 21.3 Å². The van der Waals surface area contributed by atoms with Crippen LogP contribution in [0.4, 0.5) is 10.9 Å². The topological polar surface area (TPSA) is 72.5 Å². The molecule has 116 valence electrons. The number of fused-ring (bicyclic) bond motifs is 1. The Labute approximate surface area is 132 Å². The van der Waals surface area contributed by atoms with Crippen LogP contribution in [-0.4, -0.2) is 32.2 Å². The van der Waals surface area contributed by atoms with E-state index in [2.05, 4.69) is 15.6 Å². The number of amides is 1. The number of rotatable bonds is 4. The molecule has 1 atom stereocenters. The standard InChI is InChI=1S/C15H17N3O3S/c1-16-15-18-14-13(22-15)10(7-12(19)17-14)9-5-4-8(20-2)6-11(9)21-3/h4-6,10H,7H2,1-3H3,(H,16,18)(H,17,19)/t10-/m1/s1. The third-order valence-corrected chi connectivity index (χ3v) is 4.83. The van der Waals surface area contributed by atoms with E-state index in [1.165, 1.54) is 0 Å². The van der Waals surface area contributed by atoms with Gasteiger partial charge >= 0.3 is 0 Å². The van der Waals surface area contributed by atoms with Gasteiger partial charge in [0, 0.05) is 31.0 Å². The molecule has 0 saturated carbocycles. The minimum atomic E-state index is -0.0655. The van der Waals surface area contributed by atoms with Crippen LogP contribution >= 0.6 is 11.3 Å². The predicted molar refractivity (Wildman–Crippen MR) is 86.3 cm³/mol. The number of thiazole rings is 1. The summed E-state index contributed by atoms with van der Waals surface area (Å²) in [5.41, 5.74) is 0.964. The van der Waals surface area contributed by atoms with E-state index in [1.807, 2.05) is 25.2 Å². The first-order chi connectivity index (χ1) is 10.7. The van der Waals surface area contributed by atoms with Crippen LogP contribution in [0.1, 0.15) is 22.8 Å². The number of aromatic nitrogens is 1. The van der Waals surface area contributed by atoms with Crippen molar-refractivity contribution in [3.05, 3.63) is 28.6 Å². The number of benzene rings is 1. The van der Waals surface area contributed by atoms with Crippen LogP contribution in [0.3, 0.4) is 0 Å². The van der Waals surface area contributed by atoms with Gasteiger partial charge < -0.3 is 20.1 Å². The Hall–Kier alpha value is -2.28.